The maximum Gasteiger partial charge on any atom is 0.148 e. The number of rotatable bonds is 4. The third-order valence-corrected chi connectivity index (χ3v) is 4.50. The van der Waals surface area contributed by atoms with E-state index < -0.39 is 0 Å². The van der Waals surface area contributed by atoms with Crippen LogP contribution in [-0.2, 0) is 0 Å². The van der Waals surface area contributed by atoms with Crippen molar-refractivity contribution in [1.29, 1.82) is 0 Å². The number of fused-ring (bicyclic) bond motifs is 1. The number of hydrogen-bond donors (Lipinski definition) is 1. The molecule has 3 aromatic rings. The summed E-state index contributed by atoms with van der Waals surface area (Å²) in [7, 11) is 0. The Hall–Kier alpha value is -1.62. The van der Waals surface area contributed by atoms with Crippen molar-refractivity contribution >= 4 is 33.8 Å². The Morgan fingerprint density at radius 1 is 1.19 bits per heavy atom. The fraction of sp³-hybridized carbons (Fsp3) is 0.188. The minimum absolute atomic E-state index is 0.147. The molecule has 0 saturated heterocycles. The minimum atomic E-state index is -0.228. The molecular weight excluding hydrogens is 304 g/mol. The van der Waals surface area contributed by atoms with Gasteiger partial charge in [0.25, 0.3) is 0 Å². The molecule has 2 aromatic heterocycles. The summed E-state index contributed by atoms with van der Waals surface area (Å²) in [6.07, 6.45) is 1.54. The summed E-state index contributed by atoms with van der Waals surface area (Å²) in [6.45, 7) is 1.93. The summed E-state index contributed by atoms with van der Waals surface area (Å²) >= 11 is 7.51. The number of benzene rings is 1. The van der Waals surface area contributed by atoms with Gasteiger partial charge in [-0.25, -0.2) is 0 Å². The zero-order chi connectivity index (χ0) is 14.8. The number of nitrogens with zero attached hydrogens (tertiary/aromatic N) is 1. The molecule has 0 bridgehead atoms. The molecule has 5 heteroatoms. The maximum absolute atomic E-state index is 6.18. The van der Waals surface area contributed by atoms with Crippen molar-refractivity contribution in [3.05, 3.63) is 57.9 Å². The molecular formula is C16H15ClN2OS. The highest BCUT2D eigenvalue weighted by Gasteiger charge is 2.21. The first kappa shape index (κ1) is 14.3. The van der Waals surface area contributed by atoms with Crippen LogP contribution in [-0.4, -0.2) is 11.0 Å². The third-order valence-electron chi connectivity index (χ3n) is 3.21. The second kappa shape index (κ2) is 6.02. The molecule has 0 radical (unpaired) electrons. The Balaban J connectivity index is 1.99. The van der Waals surface area contributed by atoms with Gasteiger partial charge in [0.2, 0.25) is 0 Å². The monoisotopic (exact) mass is 318 g/mol. The Kier molecular flexibility index (Phi) is 4.10. The number of aromatic nitrogens is 1. The van der Waals surface area contributed by atoms with Crippen molar-refractivity contribution in [1.82, 2.24) is 4.98 Å². The minimum Gasteiger partial charge on any atom is -0.483 e. The largest absolute Gasteiger partial charge is 0.483 e. The summed E-state index contributed by atoms with van der Waals surface area (Å²) < 4.78 is 6.91. The van der Waals surface area contributed by atoms with E-state index in [1.165, 1.54) is 11.3 Å². The van der Waals surface area contributed by atoms with Crippen LogP contribution >= 0.6 is 22.9 Å². The van der Waals surface area contributed by atoms with Gasteiger partial charge < -0.3 is 10.5 Å². The second-order valence-electron chi connectivity index (χ2n) is 4.87. The molecule has 0 aliphatic carbocycles. The summed E-state index contributed by atoms with van der Waals surface area (Å²) in [5.41, 5.74) is 7.00. The Bertz CT molecular complexity index is 751. The zero-order valence-corrected chi connectivity index (χ0v) is 13.1. The van der Waals surface area contributed by atoms with Crippen LogP contribution in [0.25, 0.3) is 10.9 Å². The first-order valence-electron chi connectivity index (χ1n) is 6.66. The highest BCUT2D eigenvalue weighted by atomic mass is 35.5. The molecule has 0 saturated carbocycles. The lowest BCUT2D eigenvalue weighted by atomic mass is 10.1. The SMILES string of the molecule is CC(N)C(Oc1cccc2ncccc12)c1ccc(Cl)s1. The van der Waals surface area contributed by atoms with Crippen molar-refractivity contribution in [2.75, 3.05) is 0 Å². The number of hydrogen-bond acceptors (Lipinski definition) is 4. The molecule has 0 amide bonds. The van der Waals surface area contributed by atoms with Crippen LogP contribution in [0.5, 0.6) is 5.75 Å². The molecule has 21 heavy (non-hydrogen) atoms. The topological polar surface area (TPSA) is 48.1 Å². The van der Waals surface area contributed by atoms with Crippen molar-refractivity contribution in [2.24, 2.45) is 5.73 Å². The molecule has 1 aromatic carbocycles. The molecule has 0 spiro atoms. The Labute approximate surface area is 132 Å². The molecule has 0 aliphatic heterocycles. The van der Waals surface area contributed by atoms with Crippen molar-refractivity contribution in [3.63, 3.8) is 0 Å². The van der Waals surface area contributed by atoms with E-state index in [1.54, 1.807) is 6.20 Å². The predicted molar refractivity (Wildman–Crippen MR) is 88.1 cm³/mol. The maximum atomic E-state index is 6.18. The molecule has 2 atom stereocenters. The zero-order valence-electron chi connectivity index (χ0n) is 11.5. The second-order valence-corrected chi connectivity index (χ2v) is 6.61. The van der Waals surface area contributed by atoms with Crippen molar-refractivity contribution in [2.45, 2.75) is 19.1 Å². The quantitative estimate of drug-likeness (QED) is 0.774. The van der Waals surface area contributed by atoms with Gasteiger partial charge in [0.05, 0.1) is 9.85 Å². The Morgan fingerprint density at radius 2 is 2.05 bits per heavy atom. The van der Waals surface area contributed by atoms with Crippen LogP contribution < -0.4 is 10.5 Å². The highest BCUT2D eigenvalue weighted by molar-refractivity contribution is 7.16. The standard InChI is InChI=1S/C16H15ClN2OS/c1-10(18)16(14-7-8-15(17)21-14)20-13-6-2-5-12-11(13)4-3-9-19-12/h2-10,16H,18H2,1H3. The van der Waals surface area contributed by atoms with E-state index in [9.17, 15) is 0 Å². The van der Waals surface area contributed by atoms with Crippen molar-refractivity contribution < 1.29 is 4.74 Å². The fourth-order valence-corrected chi connectivity index (χ4v) is 3.43. The highest BCUT2D eigenvalue weighted by Crippen LogP contribution is 2.34. The van der Waals surface area contributed by atoms with Gasteiger partial charge in [-0.05, 0) is 43.3 Å². The Morgan fingerprint density at radius 3 is 2.76 bits per heavy atom. The lowest BCUT2D eigenvalue weighted by Gasteiger charge is -2.22. The van der Waals surface area contributed by atoms with E-state index in [2.05, 4.69) is 4.98 Å². The van der Waals surface area contributed by atoms with E-state index in [0.717, 1.165) is 25.9 Å². The van der Waals surface area contributed by atoms with Gasteiger partial charge >= 0.3 is 0 Å². The molecule has 2 unspecified atom stereocenters. The summed E-state index contributed by atoms with van der Waals surface area (Å²) in [5, 5.41) is 0.980. The molecule has 0 fully saturated rings. The van der Waals surface area contributed by atoms with E-state index in [1.807, 2.05) is 49.4 Å². The molecule has 2 N–H and O–H groups in total. The lowest BCUT2D eigenvalue weighted by Crippen LogP contribution is -2.28. The van der Waals surface area contributed by atoms with Gasteiger partial charge in [-0.2, -0.15) is 0 Å². The van der Waals surface area contributed by atoms with Crippen LogP contribution in [0.3, 0.4) is 0 Å². The molecule has 3 nitrogen and oxygen atoms in total. The van der Waals surface area contributed by atoms with E-state index >= 15 is 0 Å². The fourth-order valence-electron chi connectivity index (χ4n) is 2.22. The van der Waals surface area contributed by atoms with Gasteiger partial charge in [-0.3, -0.25) is 4.98 Å². The molecule has 108 valence electrons. The van der Waals surface area contributed by atoms with E-state index in [4.69, 9.17) is 22.1 Å². The first-order chi connectivity index (χ1) is 10.1. The van der Waals surface area contributed by atoms with Crippen LogP contribution in [0.15, 0.2) is 48.7 Å². The van der Waals surface area contributed by atoms with Crippen LogP contribution in [0.2, 0.25) is 4.34 Å². The van der Waals surface area contributed by atoms with Crippen molar-refractivity contribution in [3.8, 4) is 5.75 Å². The van der Waals surface area contributed by atoms with Gasteiger partial charge in [0.1, 0.15) is 11.9 Å². The normalized spacial score (nSPS) is 14.0. The first-order valence-corrected chi connectivity index (χ1v) is 7.86. The van der Waals surface area contributed by atoms with Crippen LogP contribution in [0, 0.1) is 0 Å². The van der Waals surface area contributed by atoms with Gasteiger partial charge in [-0.15, -0.1) is 11.3 Å². The smallest absolute Gasteiger partial charge is 0.148 e. The van der Waals surface area contributed by atoms with E-state index in [-0.39, 0.29) is 12.1 Å². The number of thiophene rings is 1. The molecule has 3 rings (SSSR count). The number of pyridine rings is 1. The predicted octanol–water partition coefficient (Wildman–Crippen LogP) is 4.42. The lowest BCUT2D eigenvalue weighted by molar-refractivity contribution is 0.186. The third kappa shape index (κ3) is 3.02. The number of halogens is 1. The number of nitrogens with two attached hydrogens (primary N) is 1. The molecule has 2 heterocycles. The summed E-state index contributed by atoms with van der Waals surface area (Å²) in [5.74, 6) is 0.785. The van der Waals surface area contributed by atoms with Crippen LogP contribution in [0.1, 0.15) is 17.9 Å². The van der Waals surface area contributed by atoms with Gasteiger partial charge in [0.15, 0.2) is 0 Å². The van der Waals surface area contributed by atoms with E-state index in [0.29, 0.717) is 0 Å². The average Bonchev–Trinajstić information content (AvgIpc) is 2.90. The average molecular weight is 319 g/mol. The van der Waals surface area contributed by atoms with Crippen LogP contribution in [0.4, 0.5) is 0 Å². The number of ether oxygens (including phenoxy) is 1. The summed E-state index contributed by atoms with van der Waals surface area (Å²) in [6, 6.07) is 13.4. The summed E-state index contributed by atoms with van der Waals surface area (Å²) in [4.78, 5) is 5.37. The van der Waals surface area contributed by atoms with Gasteiger partial charge in [0, 0.05) is 22.5 Å². The molecule has 0 aliphatic rings. The van der Waals surface area contributed by atoms with Gasteiger partial charge in [-0.1, -0.05) is 17.7 Å².